The summed E-state index contributed by atoms with van der Waals surface area (Å²) < 4.78 is 23.0. The summed E-state index contributed by atoms with van der Waals surface area (Å²) in [5, 5.41) is 74.7. The molecule has 1 aliphatic carbocycles. The van der Waals surface area contributed by atoms with Crippen LogP contribution in [0.25, 0.3) is 0 Å². The number of phosphoric ester groups is 1. The quantitative estimate of drug-likeness (QED) is 0.0206. The average molecular weight is 910 g/mol. The van der Waals surface area contributed by atoms with Crippen molar-refractivity contribution in [3.63, 3.8) is 0 Å². The molecule has 0 aliphatic heterocycles. The highest BCUT2D eigenvalue weighted by Gasteiger charge is 2.51. The smallest absolute Gasteiger partial charge is 0.393 e. The topological polar surface area (TPSA) is 226 Å². The summed E-state index contributed by atoms with van der Waals surface area (Å²) in [4.78, 5) is 23.5. The molecule has 0 saturated heterocycles. The second-order valence-electron chi connectivity index (χ2n) is 18.6. The molecule has 13 nitrogen and oxygen atoms in total. The number of nitrogens with one attached hydrogen (secondary N) is 1. The Morgan fingerprint density at radius 1 is 0.500 bits per heavy atom. The molecule has 14 heteroatoms. The molecule has 0 heterocycles. The molecule has 0 aromatic rings. The fourth-order valence-corrected chi connectivity index (χ4v) is 9.51. The van der Waals surface area contributed by atoms with Gasteiger partial charge >= 0.3 is 7.82 Å². The molecule has 8 unspecified atom stereocenters. The number of aliphatic hydroxyl groups is 7. The van der Waals surface area contributed by atoms with E-state index in [0.29, 0.717) is 12.8 Å². The van der Waals surface area contributed by atoms with Crippen LogP contribution in [0.1, 0.15) is 239 Å². The average Bonchev–Trinajstić information content (AvgIpc) is 3.24. The zero-order chi connectivity index (χ0) is 45.9. The van der Waals surface area contributed by atoms with Crippen LogP contribution in [0.5, 0.6) is 0 Å². The van der Waals surface area contributed by atoms with Crippen LogP contribution in [0.2, 0.25) is 0 Å². The second-order valence-corrected chi connectivity index (χ2v) is 20.0. The van der Waals surface area contributed by atoms with Crippen LogP contribution in [-0.4, -0.2) is 108 Å². The number of carbonyl (C=O) groups is 1. The molecule has 0 aromatic carbocycles. The molecule has 1 fully saturated rings. The van der Waals surface area contributed by atoms with Crippen molar-refractivity contribution in [2.45, 2.75) is 293 Å². The third-order valence-electron chi connectivity index (χ3n) is 12.7. The summed E-state index contributed by atoms with van der Waals surface area (Å²) in [7, 11) is -5.11. The van der Waals surface area contributed by atoms with Crippen LogP contribution in [0, 0.1) is 0 Å². The van der Waals surface area contributed by atoms with E-state index in [9.17, 15) is 50.0 Å². The van der Waals surface area contributed by atoms with Crippen molar-refractivity contribution < 1.29 is 59.0 Å². The minimum atomic E-state index is -5.11. The van der Waals surface area contributed by atoms with E-state index in [2.05, 4.69) is 19.2 Å². The molecule has 9 N–H and O–H groups in total. The van der Waals surface area contributed by atoms with Gasteiger partial charge in [0.25, 0.3) is 0 Å². The van der Waals surface area contributed by atoms with Crippen LogP contribution in [0.3, 0.4) is 0 Å². The number of hydrogen-bond acceptors (Lipinski definition) is 11. The van der Waals surface area contributed by atoms with Gasteiger partial charge in [0.2, 0.25) is 5.91 Å². The van der Waals surface area contributed by atoms with Crippen LogP contribution < -0.4 is 5.32 Å². The van der Waals surface area contributed by atoms with Gasteiger partial charge in [-0.05, 0) is 12.8 Å². The number of carbonyl (C=O) groups excluding carboxylic acids is 1. The van der Waals surface area contributed by atoms with Gasteiger partial charge in [0.15, 0.2) is 0 Å². The van der Waals surface area contributed by atoms with E-state index in [-0.39, 0.29) is 12.8 Å². The highest BCUT2D eigenvalue weighted by Crippen LogP contribution is 2.47. The Labute approximate surface area is 377 Å². The second kappa shape index (κ2) is 38.4. The van der Waals surface area contributed by atoms with Crippen molar-refractivity contribution in [2.75, 3.05) is 6.61 Å². The molecule has 0 aromatic heterocycles. The predicted molar refractivity (Wildman–Crippen MR) is 248 cm³/mol. The number of amides is 1. The highest BCUT2D eigenvalue weighted by molar-refractivity contribution is 7.47. The van der Waals surface area contributed by atoms with Crippen LogP contribution >= 0.6 is 7.82 Å². The van der Waals surface area contributed by atoms with E-state index in [0.717, 1.165) is 51.4 Å². The van der Waals surface area contributed by atoms with Crippen molar-refractivity contribution in [3.05, 3.63) is 0 Å². The first-order chi connectivity index (χ1) is 29.8. The lowest BCUT2D eigenvalue weighted by molar-refractivity contribution is -0.220. The van der Waals surface area contributed by atoms with Crippen LogP contribution in [0.15, 0.2) is 0 Å². The lowest BCUT2D eigenvalue weighted by Crippen LogP contribution is -2.64. The van der Waals surface area contributed by atoms with E-state index in [1.165, 1.54) is 148 Å². The first kappa shape index (κ1) is 59.3. The first-order valence-corrected chi connectivity index (χ1v) is 27.1. The van der Waals surface area contributed by atoms with Gasteiger partial charge in [-0.1, -0.05) is 219 Å². The Morgan fingerprint density at radius 2 is 0.806 bits per heavy atom. The molecular weight excluding hydrogens is 813 g/mol. The molecule has 370 valence electrons. The maximum Gasteiger partial charge on any atom is 0.472 e. The monoisotopic (exact) mass is 910 g/mol. The van der Waals surface area contributed by atoms with E-state index in [4.69, 9.17) is 9.05 Å². The molecule has 1 saturated carbocycles. The maximum absolute atomic E-state index is 13.0. The van der Waals surface area contributed by atoms with Gasteiger partial charge in [-0.25, -0.2) is 4.57 Å². The van der Waals surface area contributed by atoms with Gasteiger partial charge in [0, 0.05) is 0 Å². The maximum atomic E-state index is 13.0. The van der Waals surface area contributed by atoms with E-state index in [1.54, 1.807) is 0 Å². The fraction of sp³-hybridized carbons (Fsp3) is 0.979. The highest BCUT2D eigenvalue weighted by atomic mass is 31.2. The van der Waals surface area contributed by atoms with E-state index in [1.807, 2.05) is 0 Å². The third-order valence-corrected chi connectivity index (χ3v) is 13.7. The SMILES string of the molecule is CCCCCCCCCCCCCCCCCCCCCC(O)CC(=O)NC(COP(=O)(O)OC1C(O)C(O)C(O)C(O)C1O)C(O)CCCCCCCCCCCCCCC. The third kappa shape index (κ3) is 29.8. The number of aliphatic hydroxyl groups excluding tert-OH is 7. The Morgan fingerprint density at radius 3 is 1.16 bits per heavy atom. The number of phosphoric acid groups is 1. The molecule has 1 amide bonds. The van der Waals surface area contributed by atoms with Crippen molar-refractivity contribution >= 4 is 13.7 Å². The molecule has 1 rings (SSSR count). The van der Waals surface area contributed by atoms with Crippen molar-refractivity contribution in [3.8, 4) is 0 Å². The number of rotatable bonds is 43. The van der Waals surface area contributed by atoms with Crippen molar-refractivity contribution in [1.29, 1.82) is 0 Å². The lowest BCUT2D eigenvalue weighted by Gasteiger charge is -2.41. The zero-order valence-electron chi connectivity index (χ0n) is 39.3. The molecule has 0 bridgehead atoms. The van der Waals surface area contributed by atoms with Gasteiger partial charge in [-0.3, -0.25) is 13.8 Å². The minimum absolute atomic E-state index is 0.215. The summed E-state index contributed by atoms with van der Waals surface area (Å²) in [6.07, 6.45) is 25.8. The van der Waals surface area contributed by atoms with Crippen molar-refractivity contribution in [1.82, 2.24) is 5.32 Å². The number of unbranched alkanes of at least 4 members (excludes halogenated alkanes) is 30. The molecule has 0 radical (unpaired) electrons. The Bertz CT molecular complexity index is 1070. The Hall–Kier alpha value is -0.700. The number of hydrogen-bond donors (Lipinski definition) is 9. The van der Waals surface area contributed by atoms with Crippen molar-refractivity contribution in [2.24, 2.45) is 0 Å². The normalized spacial score (nSPS) is 22.9. The first-order valence-electron chi connectivity index (χ1n) is 25.6. The molecule has 62 heavy (non-hydrogen) atoms. The fourth-order valence-electron chi connectivity index (χ4n) is 8.54. The molecule has 0 spiro atoms. The zero-order valence-corrected chi connectivity index (χ0v) is 40.2. The van der Waals surface area contributed by atoms with Crippen LogP contribution in [-0.2, 0) is 18.4 Å². The van der Waals surface area contributed by atoms with Gasteiger partial charge in [0.1, 0.15) is 36.6 Å². The summed E-state index contributed by atoms with van der Waals surface area (Å²) in [5.41, 5.74) is 0. The minimum Gasteiger partial charge on any atom is -0.393 e. The summed E-state index contributed by atoms with van der Waals surface area (Å²) in [5.74, 6) is -0.555. The van der Waals surface area contributed by atoms with Gasteiger partial charge in [0.05, 0.1) is 31.3 Å². The Kier molecular flexibility index (Phi) is 36.7. The van der Waals surface area contributed by atoms with Crippen LogP contribution in [0.4, 0.5) is 0 Å². The molecule has 8 atom stereocenters. The summed E-state index contributed by atoms with van der Waals surface area (Å²) in [6.45, 7) is 3.81. The van der Waals surface area contributed by atoms with E-state index >= 15 is 0 Å². The van der Waals surface area contributed by atoms with Gasteiger partial charge in [-0.15, -0.1) is 0 Å². The summed E-state index contributed by atoms with van der Waals surface area (Å²) in [6, 6.07) is -1.15. The van der Waals surface area contributed by atoms with E-state index < -0.39 is 75.2 Å². The van der Waals surface area contributed by atoms with Gasteiger partial charge in [-0.2, -0.15) is 0 Å². The summed E-state index contributed by atoms with van der Waals surface area (Å²) >= 11 is 0. The molecular formula is C48H96NO12P. The Balaban J connectivity index is 2.43. The predicted octanol–water partition coefficient (Wildman–Crippen LogP) is 9.21. The molecule has 1 aliphatic rings. The largest absolute Gasteiger partial charge is 0.472 e. The standard InChI is InChI=1S/C48H96NO12P/c1-3-5-7-9-11-13-15-17-18-19-20-21-22-24-25-27-29-31-33-35-39(50)37-42(52)49-40(41(51)36-34-32-30-28-26-23-16-14-12-10-8-6-4-2)38-60-62(58,59)61-48-46(56)44(54)43(53)45(55)47(48)57/h39-41,43-48,50-51,53-57H,3-38H2,1-2H3,(H,49,52)(H,58,59). The van der Waals surface area contributed by atoms with Gasteiger partial charge < -0.3 is 46.0 Å². The lowest BCUT2D eigenvalue weighted by atomic mass is 9.85.